The fourth-order valence-electron chi connectivity index (χ4n) is 3.40. The standard InChI is InChI=1S/C22H24F3N3O3/c1-14-3-4-15(2)18(11-14)27-20(29)13-31-21(30)16-7-9-28(10-8-16)19-6-5-17(12-26-19)22(23,24)25/h3-6,11-12,16H,7-10,13H2,1-2H3,(H,27,29). The number of anilines is 2. The molecule has 0 aliphatic carbocycles. The van der Waals surface area contributed by atoms with Crippen molar-refractivity contribution in [2.24, 2.45) is 5.92 Å². The molecule has 0 bridgehead atoms. The van der Waals surface area contributed by atoms with Gasteiger partial charge in [-0.2, -0.15) is 13.2 Å². The van der Waals surface area contributed by atoms with Crippen LogP contribution >= 0.6 is 0 Å². The number of amides is 1. The molecule has 3 rings (SSSR count). The zero-order valence-corrected chi connectivity index (χ0v) is 17.3. The fourth-order valence-corrected chi connectivity index (χ4v) is 3.40. The van der Waals surface area contributed by atoms with Crippen LogP contribution in [-0.2, 0) is 20.5 Å². The van der Waals surface area contributed by atoms with E-state index < -0.39 is 23.6 Å². The highest BCUT2D eigenvalue weighted by Gasteiger charge is 2.31. The number of rotatable bonds is 5. The molecule has 1 saturated heterocycles. The number of piperidine rings is 1. The largest absolute Gasteiger partial charge is 0.455 e. The number of aryl methyl sites for hydroxylation is 2. The van der Waals surface area contributed by atoms with Gasteiger partial charge >= 0.3 is 12.1 Å². The van der Waals surface area contributed by atoms with E-state index >= 15 is 0 Å². The lowest BCUT2D eigenvalue weighted by molar-refractivity contribution is -0.152. The zero-order valence-electron chi connectivity index (χ0n) is 17.3. The first-order valence-corrected chi connectivity index (χ1v) is 9.95. The average Bonchev–Trinajstić information content (AvgIpc) is 2.74. The summed E-state index contributed by atoms with van der Waals surface area (Å²) in [6.45, 7) is 4.36. The average molecular weight is 435 g/mol. The number of carbonyl (C=O) groups excluding carboxylic acids is 2. The van der Waals surface area contributed by atoms with Gasteiger partial charge in [-0.25, -0.2) is 4.98 Å². The molecule has 2 aromatic rings. The van der Waals surface area contributed by atoms with Gasteiger partial charge in [-0.1, -0.05) is 12.1 Å². The Balaban J connectivity index is 1.46. The van der Waals surface area contributed by atoms with Gasteiger partial charge in [0.2, 0.25) is 0 Å². The van der Waals surface area contributed by atoms with E-state index in [1.54, 1.807) is 0 Å². The van der Waals surface area contributed by atoms with E-state index in [1.807, 2.05) is 36.9 Å². The normalized spacial score (nSPS) is 14.9. The summed E-state index contributed by atoms with van der Waals surface area (Å²) in [7, 11) is 0. The van der Waals surface area contributed by atoms with Crippen molar-refractivity contribution < 1.29 is 27.5 Å². The number of alkyl halides is 3. The van der Waals surface area contributed by atoms with Gasteiger partial charge in [0.1, 0.15) is 5.82 Å². The molecule has 1 fully saturated rings. The van der Waals surface area contributed by atoms with Crippen molar-refractivity contribution in [1.29, 1.82) is 0 Å². The van der Waals surface area contributed by atoms with Crippen LogP contribution in [0.5, 0.6) is 0 Å². The molecule has 0 radical (unpaired) electrons. The number of aromatic nitrogens is 1. The molecule has 0 saturated carbocycles. The van der Waals surface area contributed by atoms with Crippen LogP contribution in [0.1, 0.15) is 29.5 Å². The minimum atomic E-state index is -4.42. The van der Waals surface area contributed by atoms with E-state index in [1.165, 1.54) is 6.07 Å². The molecule has 6 nitrogen and oxygen atoms in total. The Morgan fingerprint density at radius 3 is 2.48 bits per heavy atom. The Morgan fingerprint density at radius 2 is 1.87 bits per heavy atom. The molecule has 0 spiro atoms. The number of hydrogen-bond acceptors (Lipinski definition) is 5. The zero-order chi connectivity index (χ0) is 22.6. The van der Waals surface area contributed by atoms with Crippen molar-refractivity contribution in [1.82, 2.24) is 4.98 Å². The fraction of sp³-hybridized carbons (Fsp3) is 0.409. The van der Waals surface area contributed by atoms with E-state index in [0.717, 1.165) is 23.4 Å². The molecule has 1 N–H and O–H groups in total. The molecular formula is C22H24F3N3O3. The lowest BCUT2D eigenvalue weighted by atomic mass is 9.97. The minimum absolute atomic E-state index is 0.362. The molecule has 2 heterocycles. The molecule has 31 heavy (non-hydrogen) atoms. The molecule has 9 heteroatoms. The summed E-state index contributed by atoms with van der Waals surface area (Å²) in [6, 6.07) is 8.02. The molecule has 1 aromatic heterocycles. The van der Waals surface area contributed by atoms with Crippen LogP contribution in [-0.4, -0.2) is 36.6 Å². The summed E-state index contributed by atoms with van der Waals surface area (Å²) in [4.78, 5) is 30.1. The monoisotopic (exact) mass is 435 g/mol. The van der Waals surface area contributed by atoms with Gasteiger partial charge in [-0.3, -0.25) is 9.59 Å². The summed E-state index contributed by atoms with van der Waals surface area (Å²) < 4.78 is 43.1. The van der Waals surface area contributed by atoms with Crippen LogP contribution in [0.3, 0.4) is 0 Å². The first-order chi connectivity index (χ1) is 14.6. The first kappa shape index (κ1) is 22.6. The Morgan fingerprint density at radius 1 is 1.16 bits per heavy atom. The molecule has 1 aliphatic rings. The van der Waals surface area contributed by atoms with E-state index in [0.29, 0.717) is 37.4 Å². The number of hydrogen-bond donors (Lipinski definition) is 1. The molecule has 1 aliphatic heterocycles. The second kappa shape index (κ2) is 9.36. The number of pyridine rings is 1. The Labute approximate surface area is 178 Å². The molecule has 0 atom stereocenters. The maximum absolute atomic E-state index is 12.7. The number of esters is 1. The number of halogens is 3. The third-order valence-electron chi connectivity index (χ3n) is 5.24. The minimum Gasteiger partial charge on any atom is -0.455 e. The molecule has 1 aromatic carbocycles. The molecule has 166 valence electrons. The van der Waals surface area contributed by atoms with Gasteiger partial charge in [0.25, 0.3) is 5.91 Å². The van der Waals surface area contributed by atoms with Crippen molar-refractivity contribution in [2.45, 2.75) is 32.9 Å². The number of ether oxygens (including phenoxy) is 1. The predicted octanol–water partition coefficient (Wildman–Crippen LogP) is 4.12. The van der Waals surface area contributed by atoms with Crippen LogP contribution in [0, 0.1) is 19.8 Å². The first-order valence-electron chi connectivity index (χ1n) is 9.95. The number of benzene rings is 1. The Bertz CT molecular complexity index is 937. The number of nitrogens with one attached hydrogen (secondary N) is 1. The van der Waals surface area contributed by atoms with E-state index in [9.17, 15) is 22.8 Å². The lowest BCUT2D eigenvalue weighted by Crippen LogP contribution is -2.38. The maximum atomic E-state index is 12.7. The maximum Gasteiger partial charge on any atom is 0.417 e. The van der Waals surface area contributed by atoms with Gasteiger partial charge in [0.05, 0.1) is 11.5 Å². The second-order valence-electron chi connectivity index (χ2n) is 7.64. The third-order valence-corrected chi connectivity index (χ3v) is 5.24. The van der Waals surface area contributed by atoms with Crippen LogP contribution in [0.4, 0.5) is 24.7 Å². The summed E-state index contributed by atoms with van der Waals surface area (Å²) in [6.07, 6.45) is -2.67. The van der Waals surface area contributed by atoms with Crippen LogP contribution in [0.25, 0.3) is 0 Å². The second-order valence-corrected chi connectivity index (χ2v) is 7.64. The molecule has 0 unspecified atom stereocenters. The Hall–Kier alpha value is -3.10. The highest BCUT2D eigenvalue weighted by molar-refractivity contribution is 5.93. The van der Waals surface area contributed by atoms with Crippen molar-refractivity contribution in [3.63, 3.8) is 0 Å². The highest BCUT2D eigenvalue weighted by atomic mass is 19.4. The van der Waals surface area contributed by atoms with Gasteiger partial charge < -0.3 is 15.0 Å². The highest BCUT2D eigenvalue weighted by Crippen LogP contribution is 2.30. The van der Waals surface area contributed by atoms with E-state index in [-0.39, 0.29) is 12.5 Å². The summed E-state index contributed by atoms with van der Waals surface area (Å²) in [5, 5.41) is 2.74. The van der Waals surface area contributed by atoms with Gasteiger partial charge in [0.15, 0.2) is 6.61 Å². The third kappa shape index (κ3) is 5.96. The number of carbonyl (C=O) groups is 2. The van der Waals surface area contributed by atoms with Crippen molar-refractivity contribution >= 4 is 23.4 Å². The van der Waals surface area contributed by atoms with E-state index in [4.69, 9.17) is 4.74 Å². The van der Waals surface area contributed by atoms with Gasteiger partial charge in [0, 0.05) is 25.0 Å². The molecular weight excluding hydrogens is 411 g/mol. The van der Waals surface area contributed by atoms with Crippen molar-refractivity contribution in [3.05, 3.63) is 53.2 Å². The van der Waals surface area contributed by atoms with Gasteiger partial charge in [-0.05, 0) is 56.0 Å². The SMILES string of the molecule is Cc1ccc(C)c(NC(=O)COC(=O)C2CCN(c3ccc(C(F)(F)F)cn3)CC2)c1. The van der Waals surface area contributed by atoms with Crippen LogP contribution < -0.4 is 10.2 Å². The topological polar surface area (TPSA) is 71.5 Å². The smallest absolute Gasteiger partial charge is 0.417 e. The molecule has 1 amide bonds. The number of nitrogens with zero attached hydrogens (tertiary/aromatic N) is 2. The lowest BCUT2D eigenvalue weighted by Gasteiger charge is -2.31. The summed E-state index contributed by atoms with van der Waals surface area (Å²) in [5.74, 6) is -0.781. The summed E-state index contributed by atoms with van der Waals surface area (Å²) in [5.41, 5.74) is 1.80. The van der Waals surface area contributed by atoms with Crippen LogP contribution in [0.15, 0.2) is 36.5 Å². The van der Waals surface area contributed by atoms with E-state index in [2.05, 4.69) is 10.3 Å². The van der Waals surface area contributed by atoms with Crippen molar-refractivity contribution in [3.8, 4) is 0 Å². The predicted molar refractivity (Wildman–Crippen MR) is 110 cm³/mol. The Kier molecular flexibility index (Phi) is 6.82. The van der Waals surface area contributed by atoms with Crippen molar-refractivity contribution in [2.75, 3.05) is 29.9 Å². The quantitative estimate of drug-likeness (QED) is 0.716. The van der Waals surface area contributed by atoms with Crippen LogP contribution in [0.2, 0.25) is 0 Å². The summed E-state index contributed by atoms with van der Waals surface area (Å²) >= 11 is 0. The van der Waals surface area contributed by atoms with Gasteiger partial charge in [-0.15, -0.1) is 0 Å².